The van der Waals surface area contributed by atoms with Crippen molar-refractivity contribution in [3.63, 3.8) is 0 Å². The smallest absolute Gasteiger partial charge is 0.145 e. The third-order valence-corrected chi connectivity index (χ3v) is 2.93. The summed E-state index contributed by atoms with van der Waals surface area (Å²) in [6.07, 6.45) is 0. The Balaban J connectivity index is 2.22. The summed E-state index contributed by atoms with van der Waals surface area (Å²) in [7, 11) is 0. The fraction of sp³-hybridized carbons (Fsp3) is 0.154. The topological polar surface area (TPSA) is 63.9 Å². The van der Waals surface area contributed by atoms with Gasteiger partial charge in [-0.1, -0.05) is 6.58 Å². The molecule has 0 aliphatic heterocycles. The molecule has 1 aromatic carbocycles. The summed E-state index contributed by atoms with van der Waals surface area (Å²) < 4.78 is 6.48. The van der Waals surface area contributed by atoms with Gasteiger partial charge >= 0.3 is 0 Å². The second-order valence-corrected chi connectivity index (χ2v) is 4.95. The molecule has 2 rings (SSSR count). The fourth-order valence-corrected chi connectivity index (χ4v) is 1.96. The number of halogens is 1. The maximum absolute atomic E-state index is 5.60. The Morgan fingerprint density at radius 1 is 1.50 bits per heavy atom. The van der Waals surface area contributed by atoms with Gasteiger partial charge in [0.1, 0.15) is 18.2 Å². The third kappa shape index (κ3) is 2.92. The van der Waals surface area contributed by atoms with E-state index in [2.05, 4.69) is 32.7 Å². The molecule has 1 aromatic heterocycles. The minimum Gasteiger partial charge on any atom is -0.488 e. The van der Waals surface area contributed by atoms with Gasteiger partial charge in [0.15, 0.2) is 0 Å². The van der Waals surface area contributed by atoms with Crippen molar-refractivity contribution in [3.05, 3.63) is 40.9 Å². The molecule has 3 N–H and O–H groups in total. The predicted molar refractivity (Wildman–Crippen MR) is 76.4 cm³/mol. The van der Waals surface area contributed by atoms with Gasteiger partial charge in [-0.15, -0.1) is 0 Å². The molecule has 18 heavy (non-hydrogen) atoms. The fourth-order valence-electron chi connectivity index (χ4n) is 1.47. The molecule has 0 saturated heterocycles. The Morgan fingerprint density at radius 2 is 2.28 bits per heavy atom. The lowest BCUT2D eigenvalue weighted by atomic mass is 10.1. The van der Waals surface area contributed by atoms with Crippen LogP contribution in [0.2, 0.25) is 0 Å². The van der Waals surface area contributed by atoms with E-state index < -0.39 is 0 Å². The standard InChI is InChI=1S/C13H14BrN3O/c1-8(2)7-18-12-4-3-9(5-10(12)14)11-6-13(15)17-16-11/h3-6H,1,7H2,2H3,(H3,15,16,17). The number of hydrogen-bond acceptors (Lipinski definition) is 3. The van der Waals surface area contributed by atoms with Gasteiger partial charge in [0.05, 0.1) is 10.2 Å². The summed E-state index contributed by atoms with van der Waals surface area (Å²) in [5, 5.41) is 6.77. The first-order valence-corrected chi connectivity index (χ1v) is 6.23. The zero-order valence-corrected chi connectivity index (χ0v) is 11.6. The van der Waals surface area contributed by atoms with E-state index in [0.717, 1.165) is 27.1 Å². The minimum atomic E-state index is 0.476. The second kappa shape index (κ2) is 5.27. The summed E-state index contributed by atoms with van der Waals surface area (Å²) >= 11 is 3.48. The van der Waals surface area contributed by atoms with Crippen LogP contribution in [0.4, 0.5) is 5.82 Å². The van der Waals surface area contributed by atoms with E-state index in [1.54, 1.807) is 6.07 Å². The molecule has 0 fully saturated rings. The van der Waals surface area contributed by atoms with Crippen LogP contribution in [-0.2, 0) is 0 Å². The number of anilines is 1. The Labute approximate surface area is 114 Å². The number of nitrogens with two attached hydrogens (primary N) is 1. The third-order valence-electron chi connectivity index (χ3n) is 2.31. The number of rotatable bonds is 4. The zero-order chi connectivity index (χ0) is 13.1. The molecule has 4 nitrogen and oxygen atoms in total. The van der Waals surface area contributed by atoms with Crippen LogP contribution >= 0.6 is 15.9 Å². The minimum absolute atomic E-state index is 0.476. The van der Waals surface area contributed by atoms with Gasteiger partial charge in [-0.3, -0.25) is 5.10 Å². The molecule has 0 atom stereocenters. The van der Waals surface area contributed by atoms with Crippen LogP contribution in [0.15, 0.2) is 40.9 Å². The van der Waals surface area contributed by atoms with E-state index in [1.807, 2.05) is 25.1 Å². The van der Waals surface area contributed by atoms with Gasteiger partial charge in [-0.25, -0.2) is 0 Å². The van der Waals surface area contributed by atoms with E-state index in [1.165, 1.54) is 0 Å². The van der Waals surface area contributed by atoms with E-state index in [-0.39, 0.29) is 0 Å². The predicted octanol–water partition coefficient (Wildman–Crippen LogP) is 3.38. The van der Waals surface area contributed by atoms with E-state index in [0.29, 0.717) is 12.4 Å². The van der Waals surface area contributed by atoms with Gasteiger partial charge in [-0.05, 0) is 46.6 Å². The Kier molecular flexibility index (Phi) is 3.72. The highest BCUT2D eigenvalue weighted by atomic mass is 79.9. The molecule has 0 unspecified atom stereocenters. The number of ether oxygens (including phenoxy) is 1. The van der Waals surface area contributed by atoms with Crippen molar-refractivity contribution >= 4 is 21.7 Å². The van der Waals surface area contributed by atoms with Gasteiger partial charge in [0, 0.05) is 11.6 Å². The van der Waals surface area contributed by atoms with Crippen molar-refractivity contribution in [2.45, 2.75) is 6.92 Å². The zero-order valence-electron chi connectivity index (χ0n) is 10.0. The van der Waals surface area contributed by atoms with E-state index in [4.69, 9.17) is 10.5 Å². The average molecular weight is 308 g/mol. The molecule has 0 bridgehead atoms. The highest BCUT2D eigenvalue weighted by molar-refractivity contribution is 9.10. The summed E-state index contributed by atoms with van der Waals surface area (Å²) in [5.74, 6) is 1.26. The number of H-pyrrole nitrogens is 1. The first-order valence-electron chi connectivity index (χ1n) is 5.44. The number of nitrogens with zero attached hydrogens (tertiary/aromatic N) is 1. The largest absolute Gasteiger partial charge is 0.488 e. The van der Waals surface area contributed by atoms with Crippen LogP contribution in [0.25, 0.3) is 11.3 Å². The molecule has 0 amide bonds. The number of nitrogen functional groups attached to an aromatic ring is 1. The Morgan fingerprint density at radius 3 is 2.83 bits per heavy atom. The normalized spacial score (nSPS) is 10.3. The number of hydrogen-bond donors (Lipinski definition) is 2. The van der Waals surface area contributed by atoms with Crippen molar-refractivity contribution in [3.8, 4) is 17.0 Å². The molecule has 1 heterocycles. The van der Waals surface area contributed by atoms with Crippen molar-refractivity contribution in [2.24, 2.45) is 0 Å². The molecule has 94 valence electrons. The molecular weight excluding hydrogens is 294 g/mol. The first-order chi connectivity index (χ1) is 8.56. The average Bonchev–Trinajstić information content (AvgIpc) is 2.74. The summed E-state index contributed by atoms with van der Waals surface area (Å²) in [6, 6.07) is 7.60. The number of benzene rings is 1. The van der Waals surface area contributed by atoms with Crippen LogP contribution in [-0.4, -0.2) is 16.8 Å². The van der Waals surface area contributed by atoms with Crippen LogP contribution in [0, 0.1) is 0 Å². The van der Waals surface area contributed by atoms with Gasteiger partial charge in [-0.2, -0.15) is 5.10 Å². The van der Waals surface area contributed by atoms with Crippen molar-refractivity contribution < 1.29 is 4.74 Å². The Bertz CT molecular complexity index is 577. The SMILES string of the molecule is C=C(C)COc1ccc(-c2cc(N)n[nH]2)cc1Br. The van der Waals surface area contributed by atoms with Crippen LogP contribution in [0.5, 0.6) is 5.75 Å². The van der Waals surface area contributed by atoms with Gasteiger partial charge < -0.3 is 10.5 Å². The van der Waals surface area contributed by atoms with Gasteiger partial charge in [0.2, 0.25) is 0 Å². The van der Waals surface area contributed by atoms with Crippen molar-refractivity contribution in [1.29, 1.82) is 0 Å². The summed E-state index contributed by atoms with van der Waals surface area (Å²) in [5.41, 5.74) is 8.42. The maximum atomic E-state index is 5.60. The molecule has 0 aliphatic rings. The van der Waals surface area contributed by atoms with Crippen LogP contribution in [0.1, 0.15) is 6.92 Å². The van der Waals surface area contributed by atoms with Crippen LogP contribution < -0.4 is 10.5 Å². The monoisotopic (exact) mass is 307 g/mol. The highest BCUT2D eigenvalue weighted by Crippen LogP contribution is 2.30. The summed E-state index contributed by atoms with van der Waals surface area (Å²) in [4.78, 5) is 0. The lowest BCUT2D eigenvalue weighted by molar-refractivity contribution is 0.350. The molecule has 5 heteroatoms. The molecular formula is C13H14BrN3O. The quantitative estimate of drug-likeness (QED) is 0.851. The van der Waals surface area contributed by atoms with E-state index in [9.17, 15) is 0 Å². The molecule has 0 radical (unpaired) electrons. The van der Waals surface area contributed by atoms with Crippen molar-refractivity contribution in [2.75, 3.05) is 12.3 Å². The number of aromatic amines is 1. The first kappa shape index (κ1) is 12.7. The Hall–Kier alpha value is -1.75. The molecule has 0 saturated carbocycles. The van der Waals surface area contributed by atoms with Crippen molar-refractivity contribution in [1.82, 2.24) is 10.2 Å². The van der Waals surface area contributed by atoms with E-state index >= 15 is 0 Å². The number of nitrogens with one attached hydrogen (secondary N) is 1. The highest BCUT2D eigenvalue weighted by Gasteiger charge is 2.06. The number of aromatic nitrogens is 2. The second-order valence-electron chi connectivity index (χ2n) is 4.10. The molecule has 2 aromatic rings. The molecule has 0 spiro atoms. The van der Waals surface area contributed by atoms with Crippen LogP contribution in [0.3, 0.4) is 0 Å². The lowest BCUT2D eigenvalue weighted by Gasteiger charge is -2.09. The van der Waals surface area contributed by atoms with Gasteiger partial charge in [0.25, 0.3) is 0 Å². The molecule has 0 aliphatic carbocycles. The lowest BCUT2D eigenvalue weighted by Crippen LogP contribution is -1.98. The maximum Gasteiger partial charge on any atom is 0.145 e. The summed E-state index contributed by atoms with van der Waals surface area (Å²) in [6.45, 7) is 6.24.